The fourth-order valence-corrected chi connectivity index (χ4v) is 2.63. The van der Waals surface area contributed by atoms with Crippen LogP contribution >= 0.6 is 0 Å². The summed E-state index contributed by atoms with van der Waals surface area (Å²) in [4.78, 5) is 14.3. The van der Waals surface area contributed by atoms with Crippen LogP contribution in [-0.2, 0) is 6.42 Å². The van der Waals surface area contributed by atoms with Crippen LogP contribution in [0.2, 0.25) is 0 Å². The number of nitrogens with zero attached hydrogens (tertiary/aromatic N) is 1. The van der Waals surface area contributed by atoms with Crippen molar-refractivity contribution in [3.8, 4) is 0 Å². The Labute approximate surface area is 120 Å². The predicted octanol–water partition coefficient (Wildman–Crippen LogP) is 3.53. The maximum atomic E-state index is 12.4. The molecule has 1 unspecified atom stereocenters. The van der Waals surface area contributed by atoms with Gasteiger partial charge in [0.2, 0.25) is 0 Å². The molecular weight excluding hydrogens is 246 g/mol. The molecule has 2 aromatic rings. The summed E-state index contributed by atoms with van der Waals surface area (Å²) in [5.41, 5.74) is 2.16. The molecule has 0 saturated carbocycles. The molecule has 2 nitrogen and oxygen atoms in total. The molecule has 20 heavy (non-hydrogen) atoms. The summed E-state index contributed by atoms with van der Waals surface area (Å²) in [7, 11) is 0. The molecule has 1 amide bonds. The SMILES string of the molecule is CC1(CCc2ccccc2)CN1C(=O)c1ccccc1. The number of benzene rings is 2. The highest BCUT2D eigenvalue weighted by atomic mass is 16.2. The molecule has 2 aromatic carbocycles. The lowest BCUT2D eigenvalue weighted by Crippen LogP contribution is -2.21. The molecule has 3 rings (SSSR count). The Morgan fingerprint density at radius 2 is 1.65 bits per heavy atom. The van der Waals surface area contributed by atoms with Gasteiger partial charge >= 0.3 is 0 Å². The molecule has 1 fully saturated rings. The van der Waals surface area contributed by atoms with Gasteiger partial charge in [-0.25, -0.2) is 0 Å². The molecule has 0 aromatic heterocycles. The van der Waals surface area contributed by atoms with Crippen molar-refractivity contribution < 1.29 is 4.79 Å². The number of carbonyl (C=O) groups excluding carboxylic acids is 1. The molecule has 1 heterocycles. The lowest BCUT2D eigenvalue weighted by Gasteiger charge is -2.12. The Bertz CT molecular complexity index is 593. The molecule has 0 aliphatic carbocycles. The third kappa shape index (κ3) is 2.60. The number of carbonyl (C=O) groups is 1. The van der Waals surface area contributed by atoms with E-state index < -0.39 is 0 Å². The molecule has 2 heteroatoms. The van der Waals surface area contributed by atoms with Crippen molar-refractivity contribution >= 4 is 5.91 Å². The highest BCUT2D eigenvalue weighted by molar-refractivity contribution is 5.96. The number of hydrogen-bond donors (Lipinski definition) is 0. The van der Waals surface area contributed by atoms with Crippen LogP contribution in [0.3, 0.4) is 0 Å². The van der Waals surface area contributed by atoms with Crippen LogP contribution in [0.4, 0.5) is 0 Å². The third-order valence-electron chi connectivity index (χ3n) is 4.11. The Morgan fingerprint density at radius 1 is 1.05 bits per heavy atom. The molecule has 0 radical (unpaired) electrons. The van der Waals surface area contributed by atoms with E-state index in [0.29, 0.717) is 0 Å². The zero-order valence-corrected chi connectivity index (χ0v) is 11.8. The second-order valence-electron chi connectivity index (χ2n) is 5.74. The van der Waals surface area contributed by atoms with Crippen LogP contribution in [0.25, 0.3) is 0 Å². The quantitative estimate of drug-likeness (QED) is 0.774. The second kappa shape index (κ2) is 5.12. The van der Waals surface area contributed by atoms with Gasteiger partial charge in [-0.05, 0) is 37.5 Å². The van der Waals surface area contributed by atoms with Gasteiger partial charge in [0, 0.05) is 12.1 Å². The van der Waals surface area contributed by atoms with Gasteiger partial charge in [0.25, 0.3) is 5.91 Å². The molecule has 0 spiro atoms. The van der Waals surface area contributed by atoms with Crippen molar-refractivity contribution in [2.75, 3.05) is 6.54 Å². The van der Waals surface area contributed by atoms with Crippen molar-refractivity contribution in [2.24, 2.45) is 0 Å². The standard InChI is InChI=1S/C18H19NO/c1-18(13-12-15-8-4-2-5-9-15)14-19(18)17(20)16-10-6-3-7-11-16/h2-11H,12-14H2,1H3. The van der Waals surface area contributed by atoms with Crippen molar-refractivity contribution in [3.05, 3.63) is 71.8 Å². The average Bonchev–Trinajstić information content (AvgIpc) is 3.19. The zero-order chi connectivity index (χ0) is 14.0. The van der Waals surface area contributed by atoms with E-state index in [0.717, 1.165) is 24.9 Å². The second-order valence-corrected chi connectivity index (χ2v) is 5.74. The molecular formula is C18H19NO. The van der Waals surface area contributed by atoms with Gasteiger partial charge in [-0.1, -0.05) is 48.5 Å². The van der Waals surface area contributed by atoms with Crippen LogP contribution in [0.1, 0.15) is 29.3 Å². The van der Waals surface area contributed by atoms with Gasteiger partial charge < -0.3 is 4.90 Å². The average molecular weight is 265 g/mol. The third-order valence-corrected chi connectivity index (χ3v) is 4.11. The van der Waals surface area contributed by atoms with E-state index in [1.807, 2.05) is 41.3 Å². The summed E-state index contributed by atoms with van der Waals surface area (Å²) in [5.74, 6) is 0.154. The van der Waals surface area contributed by atoms with Gasteiger partial charge in [0.05, 0.1) is 5.54 Å². The highest BCUT2D eigenvalue weighted by Gasteiger charge is 2.50. The first-order valence-electron chi connectivity index (χ1n) is 7.10. The molecule has 1 aliphatic rings. The maximum Gasteiger partial charge on any atom is 0.254 e. The van der Waals surface area contributed by atoms with Crippen LogP contribution in [-0.4, -0.2) is 22.9 Å². The Kier molecular flexibility index (Phi) is 3.31. The van der Waals surface area contributed by atoms with Gasteiger partial charge in [-0.3, -0.25) is 4.79 Å². The lowest BCUT2D eigenvalue weighted by atomic mass is 10.0. The topological polar surface area (TPSA) is 20.1 Å². The van der Waals surface area contributed by atoms with E-state index in [4.69, 9.17) is 0 Å². The van der Waals surface area contributed by atoms with E-state index >= 15 is 0 Å². The lowest BCUT2D eigenvalue weighted by molar-refractivity contribution is 0.0855. The van der Waals surface area contributed by atoms with Crippen molar-refractivity contribution in [2.45, 2.75) is 25.3 Å². The Hall–Kier alpha value is -2.09. The summed E-state index contributed by atoms with van der Waals surface area (Å²) < 4.78 is 0. The van der Waals surface area contributed by atoms with Crippen LogP contribution < -0.4 is 0 Å². The van der Waals surface area contributed by atoms with Crippen molar-refractivity contribution in [1.82, 2.24) is 4.90 Å². The number of rotatable bonds is 4. The normalized spacial score (nSPS) is 20.8. The van der Waals surface area contributed by atoms with E-state index in [1.165, 1.54) is 5.56 Å². The fraction of sp³-hybridized carbons (Fsp3) is 0.278. The summed E-state index contributed by atoms with van der Waals surface area (Å²) >= 11 is 0. The first-order chi connectivity index (χ1) is 9.69. The molecule has 1 aliphatic heterocycles. The van der Waals surface area contributed by atoms with Crippen molar-refractivity contribution in [3.63, 3.8) is 0 Å². The van der Waals surface area contributed by atoms with Gasteiger partial charge in [-0.2, -0.15) is 0 Å². The summed E-state index contributed by atoms with van der Waals surface area (Å²) in [6.45, 7) is 3.05. The summed E-state index contributed by atoms with van der Waals surface area (Å²) in [6.07, 6.45) is 2.05. The molecule has 102 valence electrons. The van der Waals surface area contributed by atoms with Crippen LogP contribution in [0.15, 0.2) is 60.7 Å². The monoisotopic (exact) mass is 265 g/mol. The minimum atomic E-state index is 0.0305. The Morgan fingerprint density at radius 3 is 2.30 bits per heavy atom. The first kappa shape index (κ1) is 12.9. The fourth-order valence-electron chi connectivity index (χ4n) is 2.63. The van der Waals surface area contributed by atoms with Gasteiger partial charge in [0.1, 0.15) is 0 Å². The molecule has 0 N–H and O–H groups in total. The van der Waals surface area contributed by atoms with Crippen LogP contribution in [0, 0.1) is 0 Å². The minimum Gasteiger partial charge on any atom is -0.329 e. The predicted molar refractivity (Wildman–Crippen MR) is 80.6 cm³/mol. The first-order valence-corrected chi connectivity index (χ1v) is 7.10. The Balaban J connectivity index is 1.61. The summed E-state index contributed by atoms with van der Waals surface area (Å²) in [6, 6.07) is 20.0. The summed E-state index contributed by atoms with van der Waals surface area (Å²) in [5, 5.41) is 0. The smallest absolute Gasteiger partial charge is 0.254 e. The highest BCUT2D eigenvalue weighted by Crippen LogP contribution is 2.37. The van der Waals surface area contributed by atoms with E-state index in [2.05, 4.69) is 31.2 Å². The van der Waals surface area contributed by atoms with Gasteiger partial charge in [-0.15, -0.1) is 0 Å². The number of amides is 1. The molecule has 1 saturated heterocycles. The minimum absolute atomic E-state index is 0.0305. The van der Waals surface area contributed by atoms with E-state index in [1.54, 1.807) is 0 Å². The molecule has 1 atom stereocenters. The largest absolute Gasteiger partial charge is 0.329 e. The van der Waals surface area contributed by atoms with Crippen LogP contribution in [0.5, 0.6) is 0 Å². The number of hydrogen-bond acceptors (Lipinski definition) is 1. The zero-order valence-electron chi connectivity index (χ0n) is 11.8. The van der Waals surface area contributed by atoms with E-state index in [-0.39, 0.29) is 11.4 Å². The van der Waals surface area contributed by atoms with Gasteiger partial charge in [0.15, 0.2) is 0 Å². The maximum absolute atomic E-state index is 12.4. The number of aryl methyl sites for hydroxylation is 1. The van der Waals surface area contributed by atoms with E-state index in [9.17, 15) is 4.79 Å². The van der Waals surface area contributed by atoms with Crippen molar-refractivity contribution in [1.29, 1.82) is 0 Å². The molecule has 0 bridgehead atoms.